The molecular weight excluding hydrogens is 286 g/mol. The molecule has 1 unspecified atom stereocenters. The zero-order chi connectivity index (χ0) is 14.9. The molecule has 2 aromatic rings. The monoisotopic (exact) mass is 307 g/mol. The lowest BCUT2D eigenvalue weighted by molar-refractivity contribution is 0.294. The second-order valence-corrected chi connectivity index (χ2v) is 8.22. The van der Waals surface area contributed by atoms with E-state index in [0.29, 0.717) is 17.4 Å². The molecule has 1 aromatic heterocycles. The summed E-state index contributed by atoms with van der Waals surface area (Å²) in [5, 5.41) is 0. The summed E-state index contributed by atoms with van der Waals surface area (Å²) in [5.74, 6) is 2.02. The highest BCUT2D eigenvalue weighted by Crippen LogP contribution is 2.22. The van der Waals surface area contributed by atoms with Crippen molar-refractivity contribution in [3.63, 3.8) is 0 Å². The Morgan fingerprint density at radius 1 is 1.38 bits per heavy atom. The summed E-state index contributed by atoms with van der Waals surface area (Å²) in [6.07, 6.45) is 1.76. The number of sulfone groups is 1. The number of aromatic nitrogens is 2. The van der Waals surface area contributed by atoms with Gasteiger partial charge in [0.1, 0.15) is 5.82 Å². The first-order chi connectivity index (χ1) is 10.0. The third-order valence-electron chi connectivity index (χ3n) is 4.10. The second kappa shape index (κ2) is 5.77. The van der Waals surface area contributed by atoms with Gasteiger partial charge >= 0.3 is 0 Å². The minimum atomic E-state index is -2.76. The third-order valence-corrected chi connectivity index (χ3v) is 5.94. The molecular formula is C15H21N3O2S. The molecule has 5 nitrogen and oxygen atoms in total. The van der Waals surface area contributed by atoms with Crippen molar-refractivity contribution in [1.82, 2.24) is 14.9 Å². The van der Waals surface area contributed by atoms with Crippen molar-refractivity contribution in [3.05, 3.63) is 30.1 Å². The Bertz CT molecular complexity index is 690. The van der Waals surface area contributed by atoms with Crippen LogP contribution in [0.1, 0.15) is 18.7 Å². The van der Waals surface area contributed by atoms with Gasteiger partial charge in [-0.05, 0) is 44.5 Å². The minimum Gasteiger partial charge on any atom is -0.341 e. The van der Waals surface area contributed by atoms with Crippen molar-refractivity contribution in [2.75, 3.05) is 25.1 Å². The molecule has 1 aliphatic rings. The smallest absolute Gasteiger partial charge is 0.150 e. The number of rotatable bonds is 5. The van der Waals surface area contributed by atoms with Crippen molar-refractivity contribution in [2.45, 2.75) is 19.4 Å². The second-order valence-electron chi connectivity index (χ2n) is 6.00. The van der Waals surface area contributed by atoms with Crippen LogP contribution in [-0.4, -0.2) is 48.4 Å². The molecule has 1 atom stereocenters. The van der Waals surface area contributed by atoms with Gasteiger partial charge in [-0.25, -0.2) is 13.4 Å². The molecule has 0 aliphatic carbocycles. The van der Waals surface area contributed by atoms with Crippen LogP contribution in [0.3, 0.4) is 0 Å². The van der Waals surface area contributed by atoms with Crippen LogP contribution in [0.15, 0.2) is 24.3 Å². The first-order valence-corrected chi connectivity index (χ1v) is 9.16. The van der Waals surface area contributed by atoms with Gasteiger partial charge in [0.05, 0.1) is 29.1 Å². The van der Waals surface area contributed by atoms with E-state index in [-0.39, 0.29) is 0 Å². The predicted molar refractivity (Wildman–Crippen MR) is 83.8 cm³/mol. The Hall–Kier alpha value is -1.40. The lowest BCUT2D eigenvalue weighted by Gasteiger charge is -2.17. The number of hydrogen-bond acceptors (Lipinski definition) is 4. The highest BCUT2D eigenvalue weighted by Gasteiger charge is 2.27. The number of para-hydroxylation sites is 2. The summed E-state index contributed by atoms with van der Waals surface area (Å²) in [7, 11) is -0.704. The summed E-state index contributed by atoms with van der Waals surface area (Å²) in [6.45, 7) is 1.66. The van der Waals surface area contributed by atoms with Gasteiger partial charge in [0.2, 0.25) is 0 Å². The Morgan fingerprint density at radius 3 is 2.90 bits per heavy atom. The van der Waals surface area contributed by atoms with Gasteiger partial charge in [0.25, 0.3) is 0 Å². The van der Waals surface area contributed by atoms with Gasteiger partial charge in [-0.1, -0.05) is 12.1 Å². The third kappa shape index (κ3) is 3.63. The van der Waals surface area contributed by atoms with E-state index in [9.17, 15) is 8.42 Å². The molecule has 6 heteroatoms. The molecule has 1 fully saturated rings. The maximum Gasteiger partial charge on any atom is 0.150 e. The molecule has 1 saturated heterocycles. The molecule has 0 amide bonds. The van der Waals surface area contributed by atoms with Crippen LogP contribution in [0.4, 0.5) is 0 Å². The van der Waals surface area contributed by atoms with Crippen LogP contribution in [0.2, 0.25) is 0 Å². The van der Waals surface area contributed by atoms with Crippen LogP contribution < -0.4 is 0 Å². The maximum atomic E-state index is 11.4. The molecule has 3 rings (SSSR count). The average Bonchev–Trinajstić information content (AvgIpc) is 2.98. The molecule has 1 aliphatic heterocycles. The number of hydrogen-bond donors (Lipinski definition) is 1. The molecule has 21 heavy (non-hydrogen) atoms. The zero-order valence-electron chi connectivity index (χ0n) is 12.2. The van der Waals surface area contributed by atoms with Crippen LogP contribution in [0, 0.1) is 5.92 Å². The van der Waals surface area contributed by atoms with Crippen LogP contribution in [-0.2, 0) is 16.4 Å². The Balaban J connectivity index is 1.53. The first-order valence-electron chi connectivity index (χ1n) is 7.34. The summed E-state index contributed by atoms with van der Waals surface area (Å²) >= 11 is 0. The SMILES string of the molecule is CN(CCC1CCS(=O)(=O)C1)Cc1nc2ccccc2[nH]1. The van der Waals surface area contributed by atoms with Crippen molar-refractivity contribution in [1.29, 1.82) is 0 Å². The zero-order valence-corrected chi connectivity index (χ0v) is 13.1. The topological polar surface area (TPSA) is 66.1 Å². The largest absolute Gasteiger partial charge is 0.341 e. The average molecular weight is 307 g/mol. The first kappa shape index (κ1) is 14.5. The Kier molecular flexibility index (Phi) is 3.99. The van der Waals surface area contributed by atoms with Crippen molar-refractivity contribution >= 4 is 20.9 Å². The van der Waals surface area contributed by atoms with Crippen LogP contribution in [0.25, 0.3) is 11.0 Å². The fourth-order valence-corrected chi connectivity index (χ4v) is 4.83. The molecule has 0 saturated carbocycles. The molecule has 0 bridgehead atoms. The number of H-pyrrole nitrogens is 1. The van der Waals surface area contributed by atoms with E-state index in [1.165, 1.54) is 0 Å². The fourth-order valence-electron chi connectivity index (χ4n) is 2.92. The number of aromatic amines is 1. The molecule has 0 spiro atoms. The fraction of sp³-hybridized carbons (Fsp3) is 0.533. The van der Waals surface area contributed by atoms with E-state index in [2.05, 4.69) is 21.9 Å². The van der Waals surface area contributed by atoms with E-state index in [4.69, 9.17) is 0 Å². The highest BCUT2D eigenvalue weighted by atomic mass is 32.2. The predicted octanol–water partition coefficient (Wildman–Crippen LogP) is 1.82. The lowest BCUT2D eigenvalue weighted by Crippen LogP contribution is -2.22. The highest BCUT2D eigenvalue weighted by molar-refractivity contribution is 7.91. The minimum absolute atomic E-state index is 0.327. The quantitative estimate of drug-likeness (QED) is 0.915. The van der Waals surface area contributed by atoms with Gasteiger partial charge in [0.15, 0.2) is 9.84 Å². The molecule has 1 aromatic carbocycles. The summed E-state index contributed by atoms with van der Waals surface area (Å²) in [4.78, 5) is 10.1. The maximum absolute atomic E-state index is 11.4. The van der Waals surface area contributed by atoms with E-state index in [1.54, 1.807) is 0 Å². The molecule has 114 valence electrons. The number of nitrogens with one attached hydrogen (secondary N) is 1. The number of nitrogens with zero attached hydrogens (tertiary/aromatic N) is 2. The summed E-state index contributed by atoms with van der Waals surface area (Å²) in [5.41, 5.74) is 2.05. The van der Waals surface area contributed by atoms with E-state index < -0.39 is 9.84 Å². The van der Waals surface area contributed by atoms with Crippen molar-refractivity contribution < 1.29 is 8.42 Å². The Morgan fingerprint density at radius 2 is 2.19 bits per heavy atom. The van der Waals surface area contributed by atoms with Crippen molar-refractivity contribution in [3.8, 4) is 0 Å². The van der Waals surface area contributed by atoms with Crippen molar-refractivity contribution in [2.24, 2.45) is 5.92 Å². The normalized spacial score (nSPS) is 21.3. The van der Waals surface area contributed by atoms with Gasteiger partial charge in [-0.15, -0.1) is 0 Å². The molecule has 1 N–H and O–H groups in total. The van der Waals surface area contributed by atoms with E-state index in [0.717, 1.165) is 42.8 Å². The lowest BCUT2D eigenvalue weighted by atomic mass is 10.1. The molecule has 2 heterocycles. The number of benzene rings is 1. The van der Waals surface area contributed by atoms with Gasteiger partial charge in [0, 0.05) is 0 Å². The van der Waals surface area contributed by atoms with Crippen LogP contribution in [0.5, 0.6) is 0 Å². The van der Waals surface area contributed by atoms with E-state index >= 15 is 0 Å². The number of imidazole rings is 1. The standard InChI is InChI=1S/C15H21N3O2S/c1-18(8-6-12-7-9-21(19,20)11-12)10-15-16-13-4-2-3-5-14(13)17-15/h2-5,12H,6-11H2,1H3,(H,16,17). The van der Waals surface area contributed by atoms with Crippen LogP contribution >= 0.6 is 0 Å². The number of fused-ring (bicyclic) bond motifs is 1. The molecule has 0 radical (unpaired) electrons. The Labute approximate surface area is 125 Å². The van der Waals surface area contributed by atoms with Gasteiger partial charge in [-0.3, -0.25) is 4.90 Å². The van der Waals surface area contributed by atoms with Gasteiger partial charge < -0.3 is 4.98 Å². The summed E-state index contributed by atoms with van der Waals surface area (Å²) < 4.78 is 22.9. The summed E-state index contributed by atoms with van der Waals surface area (Å²) in [6, 6.07) is 8.00. The van der Waals surface area contributed by atoms with E-state index in [1.807, 2.05) is 24.3 Å². The van der Waals surface area contributed by atoms with Gasteiger partial charge in [-0.2, -0.15) is 0 Å².